The molecule has 148 valence electrons. The van der Waals surface area contributed by atoms with Crippen LogP contribution in [0.1, 0.15) is 96.3 Å². The van der Waals surface area contributed by atoms with Crippen LogP contribution in [0.15, 0.2) is 18.2 Å². The summed E-state index contributed by atoms with van der Waals surface area (Å²) >= 11 is 0. The van der Waals surface area contributed by atoms with Gasteiger partial charge in [-0.15, -0.1) is 0 Å². The number of hydrogen-bond acceptors (Lipinski definition) is 1. The lowest BCUT2D eigenvalue weighted by molar-refractivity contribution is -0.147. The number of rotatable bonds is 11. The van der Waals surface area contributed by atoms with Crippen molar-refractivity contribution in [2.45, 2.75) is 99.3 Å². The molecule has 0 aliphatic heterocycles. The van der Waals surface area contributed by atoms with Crippen LogP contribution < -0.4 is 0 Å². The summed E-state index contributed by atoms with van der Waals surface area (Å²) in [7, 11) is 0. The van der Waals surface area contributed by atoms with Crippen LogP contribution in [-0.4, -0.2) is 11.1 Å². The molecule has 1 rings (SSSR count). The SMILES string of the molecule is Cc1cccc(CCCCCC(C)(C)C(=O)O)c1CCCCC(C)(C)C. The molecule has 2 heteroatoms. The highest BCUT2D eigenvalue weighted by Crippen LogP contribution is 2.26. The maximum atomic E-state index is 11.2. The predicted molar refractivity (Wildman–Crippen MR) is 112 cm³/mol. The van der Waals surface area contributed by atoms with Gasteiger partial charge in [0.2, 0.25) is 0 Å². The van der Waals surface area contributed by atoms with Crippen molar-refractivity contribution >= 4 is 5.97 Å². The van der Waals surface area contributed by atoms with Crippen LogP contribution in [0.5, 0.6) is 0 Å². The van der Waals surface area contributed by atoms with Crippen LogP contribution in [0.25, 0.3) is 0 Å². The van der Waals surface area contributed by atoms with E-state index in [0.29, 0.717) is 5.41 Å². The molecule has 0 heterocycles. The molecular weight excluding hydrogens is 320 g/mol. The van der Waals surface area contributed by atoms with Gasteiger partial charge in [0.25, 0.3) is 0 Å². The first-order valence-electron chi connectivity index (χ1n) is 10.3. The molecule has 0 amide bonds. The second-order valence-corrected chi connectivity index (χ2v) is 9.73. The number of aliphatic carboxylic acids is 1. The van der Waals surface area contributed by atoms with Crippen LogP contribution in [0, 0.1) is 17.8 Å². The zero-order chi connectivity index (χ0) is 19.8. The Morgan fingerprint density at radius 3 is 2.12 bits per heavy atom. The standard InChI is InChI=1S/C24H40O2/c1-19-13-12-15-20(21(19)16-9-11-17-23(2,3)4)14-8-7-10-18-24(5,6)22(25)26/h12-13,15H,7-11,14,16-18H2,1-6H3,(H,25,26). The lowest BCUT2D eigenvalue weighted by Gasteiger charge is -2.19. The van der Waals surface area contributed by atoms with E-state index in [-0.39, 0.29) is 0 Å². The molecule has 0 fully saturated rings. The first kappa shape index (κ1) is 22.7. The minimum Gasteiger partial charge on any atom is -0.481 e. The number of aryl methyl sites for hydroxylation is 2. The van der Waals surface area contributed by atoms with Crippen molar-refractivity contribution in [3.8, 4) is 0 Å². The smallest absolute Gasteiger partial charge is 0.309 e. The zero-order valence-electron chi connectivity index (χ0n) is 18.0. The van der Waals surface area contributed by atoms with Gasteiger partial charge in [-0.05, 0) is 81.4 Å². The number of carboxylic acid groups (broad SMARTS) is 1. The van der Waals surface area contributed by atoms with Crippen LogP contribution in [0.3, 0.4) is 0 Å². The van der Waals surface area contributed by atoms with E-state index in [2.05, 4.69) is 45.9 Å². The maximum Gasteiger partial charge on any atom is 0.309 e. The quantitative estimate of drug-likeness (QED) is 0.433. The summed E-state index contributed by atoms with van der Waals surface area (Å²) in [5.41, 5.74) is 4.30. The van der Waals surface area contributed by atoms with Crippen LogP contribution in [-0.2, 0) is 17.6 Å². The van der Waals surface area contributed by atoms with Crippen LogP contribution in [0.4, 0.5) is 0 Å². The Balaban J connectivity index is 2.47. The van der Waals surface area contributed by atoms with E-state index in [1.54, 1.807) is 5.56 Å². The van der Waals surface area contributed by atoms with E-state index in [1.807, 2.05) is 13.8 Å². The Bertz CT molecular complexity index is 564. The summed E-state index contributed by atoms with van der Waals surface area (Å²) in [6, 6.07) is 6.70. The molecule has 0 spiro atoms. The number of benzene rings is 1. The van der Waals surface area contributed by atoms with Gasteiger partial charge in [-0.2, -0.15) is 0 Å². The number of carboxylic acids is 1. The van der Waals surface area contributed by atoms with Gasteiger partial charge in [-0.25, -0.2) is 0 Å². The third-order valence-electron chi connectivity index (χ3n) is 5.44. The van der Waals surface area contributed by atoms with E-state index in [0.717, 1.165) is 32.1 Å². The summed E-state index contributed by atoms with van der Waals surface area (Å²) in [6.07, 6.45) is 10.1. The van der Waals surface area contributed by atoms with Crippen molar-refractivity contribution < 1.29 is 9.90 Å². The highest BCUT2D eigenvalue weighted by molar-refractivity contribution is 5.73. The molecule has 0 unspecified atom stereocenters. The fourth-order valence-corrected chi connectivity index (χ4v) is 3.48. The molecule has 0 atom stereocenters. The van der Waals surface area contributed by atoms with Gasteiger partial charge < -0.3 is 5.11 Å². The fraction of sp³-hybridized carbons (Fsp3) is 0.708. The molecule has 1 N–H and O–H groups in total. The van der Waals surface area contributed by atoms with Gasteiger partial charge in [-0.1, -0.05) is 58.2 Å². The zero-order valence-corrected chi connectivity index (χ0v) is 18.0. The first-order chi connectivity index (χ1) is 12.0. The molecule has 0 aliphatic carbocycles. The molecule has 0 saturated heterocycles. The van der Waals surface area contributed by atoms with Crippen molar-refractivity contribution in [1.82, 2.24) is 0 Å². The average Bonchev–Trinajstić information content (AvgIpc) is 2.51. The molecule has 0 bridgehead atoms. The minimum absolute atomic E-state index is 0.429. The largest absolute Gasteiger partial charge is 0.481 e. The van der Waals surface area contributed by atoms with Gasteiger partial charge in [0.1, 0.15) is 0 Å². The van der Waals surface area contributed by atoms with Gasteiger partial charge in [-0.3, -0.25) is 4.79 Å². The molecule has 1 aromatic carbocycles. The first-order valence-corrected chi connectivity index (χ1v) is 10.3. The number of hydrogen-bond donors (Lipinski definition) is 1. The topological polar surface area (TPSA) is 37.3 Å². The molecule has 0 aliphatic rings. The Morgan fingerprint density at radius 2 is 1.50 bits per heavy atom. The highest BCUT2D eigenvalue weighted by Gasteiger charge is 2.25. The fourth-order valence-electron chi connectivity index (χ4n) is 3.48. The third kappa shape index (κ3) is 8.38. The van der Waals surface area contributed by atoms with E-state index in [1.165, 1.54) is 36.8 Å². The summed E-state index contributed by atoms with van der Waals surface area (Å²) in [5.74, 6) is -0.686. The maximum absolute atomic E-state index is 11.2. The Hall–Kier alpha value is -1.31. The Labute approximate surface area is 161 Å². The number of unbranched alkanes of at least 4 members (excludes halogenated alkanes) is 3. The molecule has 2 nitrogen and oxygen atoms in total. The Morgan fingerprint density at radius 1 is 0.885 bits per heavy atom. The molecule has 0 aromatic heterocycles. The molecule has 0 saturated carbocycles. The van der Waals surface area contributed by atoms with E-state index in [4.69, 9.17) is 0 Å². The van der Waals surface area contributed by atoms with E-state index >= 15 is 0 Å². The van der Waals surface area contributed by atoms with Crippen molar-refractivity contribution in [2.75, 3.05) is 0 Å². The molecule has 26 heavy (non-hydrogen) atoms. The van der Waals surface area contributed by atoms with Crippen molar-refractivity contribution in [2.24, 2.45) is 10.8 Å². The Kier molecular flexibility index (Phi) is 8.86. The van der Waals surface area contributed by atoms with Crippen molar-refractivity contribution in [3.05, 3.63) is 34.9 Å². The summed E-state index contributed by atoms with van der Waals surface area (Å²) < 4.78 is 0. The lowest BCUT2D eigenvalue weighted by atomic mass is 9.86. The van der Waals surface area contributed by atoms with Crippen LogP contribution in [0.2, 0.25) is 0 Å². The summed E-state index contributed by atoms with van der Waals surface area (Å²) in [5, 5.41) is 9.20. The third-order valence-corrected chi connectivity index (χ3v) is 5.44. The van der Waals surface area contributed by atoms with Crippen molar-refractivity contribution in [3.63, 3.8) is 0 Å². The van der Waals surface area contributed by atoms with Gasteiger partial charge >= 0.3 is 5.97 Å². The second-order valence-electron chi connectivity index (χ2n) is 9.73. The normalized spacial score (nSPS) is 12.4. The van der Waals surface area contributed by atoms with Crippen LogP contribution >= 0.6 is 0 Å². The van der Waals surface area contributed by atoms with E-state index in [9.17, 15) is 9.90 Å². The van der Waals surface area contributed by atoms with Gasteiger partial charge in [0, 0.05) is 0 Å². The highest BCUT2D eigenvalue weighted by atomic mass is 16.4. The number of carbonyl (C=O) groups is 1. The van der Waals surface area contributed by atoms with Gasteiger partial charge in [0.15, 0.2) is 0 Å². The summed E-state index contributed by atoms with van der Waals surface area (Å²) in [6.45, 7) is 12.8. The molecular formula is C24H40O2. The molecule has 0 radical (unpaired) electrons. The monoisotopic (exact) mass is 360 g/mol. The summed E-state index contributed by atoms with van der Waals surface area (Å²) in [4.78, 5) is 11.2. The minimum atomic E-state index is -0.686. The van der Waals surface area contributed by atoms with Crippen molar-refractivity contribution in [1.29, 1.82) is 0 Å². The predicted octanol–water partition coefficient (Wildman–Crippen LogP) is 6.97. The lowest BCUT2D eigenvalue weighted by Crippen LogP contribution is -2.23. The second kappa shape index (κ2) is 10.1. The average molecular weight is 361 g/mol. The van der Waals surface area contributed by atoms with E-state index < -0.39 is 11.4 Å². The van der Waals surface area contributed by atoms with Gasteiger partial charge in [0.05, 0.1) is 5.41 Å². The molecule has 1 aromatic rings.